The molecule has 1 fully saturated rings. The van der Waals surface area contributed by atoms with E-state index in [1.807, 2.05) is 6.07 Å². The van der Waals surface area contributed by atoms with E-state index in [2.05, 4.69) is 10.3 Å². The SMILES string of the molecule is CS(=O)(=O)N1CCC(Nc2ccc(N)nc2)CC1. The average Bonchev–Trinajstić information content (AvgIpc) is 2.32. The van der Waals surface area contributed by atoms with Crippen molar-refractivity contribution in [2.24, 2.45) is 0 Å². The summed E-state index contributed by atoms with van der Waals surface area (Å²) in [5.74, 6) is 0.493. The van der Waals surface area contributed by atoms with Crippen molar-refractivity contribution in [2.75, 3.05) is 30.4 Å². The molecule has 1 aliphatic heterocycles. The molecular weight excluding hydrogens is 252 g/mol. The van der Waals surface area contributed by atoms with Gasteiger partial charge < -0.3 is 11.1 Å². The van der Waals surface area contributed by atoms with Crippen molar-refractivity contribution in [3.63, 3.8) is 0 Å². The molecule has 3 N–H and O–H groups in total. The Balaban J connectivity index is 1.89. The molecule has 0 aliphatic carbocycles. The van der Waals surface area contributed by atoms with Gasteiger partial charge in [0.05, 0.1) is 18.1 Å². The first-order valence-electron chi connectivity index (χ1n) is 5.88. The zero-order valence-corrected chi connectivity index (χ0v) is 11.2. The summed E-state index contributed by atoms with van der Waals surface area (Å²) in [6, 6.07) is 3.91. The topological polar surface area (TPSA) is 88.3 Å². The Morgan fingerprint density at radius 3 is 2.56 bits per heavy atom. The maximum atomic E-state index is 11.4. The molecule has 1 saturated heterocycles. The van der Waals surface area contributed by atoms with Gasteiger partial charge in [-0.2, -0.15) is 0 Å². The first-order chi connectivity index (χ1) is 8.45. The van der Waals surface area contributed by atoms with Gasteiger partial charge in [-0.25, -0.2) is 17.7 Å². The van der Waals surface area contributed by atoms with Gasteiger partial charge in [0.1, 0.15) is 5.82 Å². The van der Waals surface area contributed by atoms with Gasteiger partial charge >= 0.3 is 0 Å². The van der Waals surface area contributed by atoms with Crippen LogP contribution in [0, 0.1) is 0 Å². The van der Waals surface area contributed by atoms with Gasteiger partial charge in [-0.05, 0) is 25.0 Å². The standard InChI is InChI=1S/C11H18N4O2S/c1-18(16,17)15-6-4-9(5-7-15)14-10-2-3-11(12)13-8-10/h2-3,8-9,14H,4-7H2,1H3,(H2,12,13). The van der Waals surface area contributed by atoms with Gasteiger partial charge in [-0.15, -0.1) is 0 Å². The lowest BCUT2D eigenvalue weighted by Gasteiger charge is -2.31. The average molecular weight is 270 g/mol. The van der Waals surface area contributed by atoms with Crippen LogP contribution in [0.25, 0.3) is 0 Å². The summed E-state index contributed by atoms with van der Waals surface area (Å²) in [6.45, 7) is 1.14. The summed E-state index contributed by atoms with van der Waals surface area (Å²) in [5.41, 5.74) is 6.43. The fourth-order valence-corrected chi connectivity index (χ4v) is 2.93. The van der Waals surface area contributed by atoms with Gasteiger partial charge in [0.2, 0.25) is 10.0 Å². The van der Waals surface area contributed by atoms with E-state index in [0.717, 1.165) is 18.5 Å². The molecule has 1 aliphatic rings. The molecule has 0 spiro atoms. The molecule has 0 amide bonds. The minimum Gasteiger partial charge on any atom is -0.384 e. The van der Waals surface area contributed by atoms with Crippen LogP contribution in [0.5, 0.6) is 0 Å². The Morgan fingerprint density at radius 2 is 2.06 bits per heavy atom. The molecule has 7 heteroatoms. The molecule has 0 bridgehead atoms. The summed E-state index contributed by atoms with van der Waals surface area (Å²) in [5, 5.41) is 3.34. The fourth-order valence-electron chi connectivity index (χ4n) is 2.06. The molecule has 1 aromatic heterocycles. The second-order valence-corrected chi connectivity index (χ2v) is 6.53. The molecule has 0 unspecified atom stereocenters. The number of nitrogen functional groups attached to an aromatic ring is 1. The minimum atomic E-state index is -3.05. The van der Waals surface area contributed by atoms with Crippen LogP contribution in [0.3, 0.4) is 0 Å². The lowest BCUT2D eigenvalue weighted by Crippen LogP contribution is -2.41. The number of nitrogens with zero attached hydrogens (tertiary/aromatic N) is 2. The number of nitrogens with two attached hydrogens (primary N) is 1. The first-order valence-corrected chi connectivity index (χ1v) is 7.73. The second kappa shape index (κ2) is 5.11. The van der Waals surface area contributed by atoms with Crippen molar-refractivity contribution < 1.29 is 8.42 Å². The van der Waals surface area contributed by atoms with Crippen LogP contribution in [0.4, 0.5) is 11.5 Å². The van der Waals surface area contributed by atoms with Gasteiger partial charge in [-0.3, -0.25) is 0 Å². The van der Waals surface area contributed by atoms with Crippen molar-refractivity contribution in [1.29, 1.82) is 0 Å². The normalized spacial score (nSPS) is 18.7. The highest BCUT2D eigenvalue weighted by atomic mass is 32.2. The molecule has 1 aromatic rings. The Hall–Kier alpha value is -1.34. The number of pyridine rings is 1. The number of rotatable bonds is 3. The Labute approximate surface area is 107 Å². The van der Waals surface area contributed by atoms with Crippen molar-refractivity contribution in [3.8, 4) is 0 Å². The van der Waals surface area contributed by atoms with Crippen LogP contribution in [-0.2, 0) is 10.0 Å². The predicted octanol–water partition coefficient (Wildman–Crippen LogP) is 0.500. The molecule has 0 atom stereocenters. The third kappa shape index (κ3) is 3.33. The summed E-state index contributed by atoms with van der Waals surface area (Å²) in [6.07, 6.45) is 4.55. The maximum Gasteiger partial charge on any atom is 0.211 e. The molecule has 2 rings (SSSR count). The molecule has 18 heavy (non-hydrogen) atoms. The zero-order chi connectivity index (χ0) is 13.2. The molecule has 0 aromatic carbocycles. The highest BCUT2D eigenvalue weighted by molar-refractivity contribution is 7.88. The van der Waals surface area contributed by atoms with Crippen molar-refractivity contribution in [3.05, 3.63) is 18.3 Å². The summed E-state index contributed by atoms with van der Waals surface area (Å²) in [4.78, 5) is 4.01. The summed E-state index contributed by atoms with van der Waals surface area (Å²) < 4.78 is 24.3. The molecule has 6 nitrogen and oxygen atoms in total. The van der Waals surface area contributed by atoms with Crippen LogP contribution in [0.1, 0.15) is 12.8 Å². The van der Waals surface area contributed by atoms with Gasteiger partial charge in [0.25, 0.3) is 0 Å². The van der Waals surface area contributed by atoms with E-state index < -0.39 is 10.0 Å². The van der Waals surface area contributed by atoms with Gasteiger partial charge in [0.15, 0.2) is 0 Å². The van der Waals surface area contributed by atoms with E-state index in [1.165, 1.54) is 10.6 Å². The number of nitrogens with one attached hydrogen (secondary N) is 1. The highest BCUT2D eigenvalue weighted by Crippen LogP contribution is 2.18. The lowest BCUT2D eigenvalue weighted by atomic mass is 10.1. The smallest absolute Gasteiger partial charge is 0.211 e. The van der Waals surface area contributed by atoms with Crippen molar-refractivity contribution in [1.82, 2.24) is 9.29 Å². The van der Waals surface area contributed by atoms with Gasteiger partial charge in [-0.1, -0.05) is 0 Å². The van der Waals surface area contributed by atoms with Crippen molar-refractivity contribution in [2.45, 2.75) is 18.9 Å². The number of piperidine rings is 1. The molecule has 2 heterocycles. The van der Waals surface area contributed by atoms with E-state index in [-0.39, 0.29) is 6.04 Å². The predicted molar refractivity (Wildman–Crippen MR) is 71.7 cm³/mol. The number of anilines is 2. The van der Waals surface area contributed by atoms with Crippen LogP contribution < -0.4 is 11.1 Å². The highest BCUT2D eigenvalue weighted by Gasteiger charge is 2.24. The molecule has 100 valence electrons. The van der Waals surface area contributed by atoms with E-state index in [9.17, 15) is 8.42 Å². The van der Waals surface area contributed by atoms with E-state index in [4.69, 9.17) is 5.73 Å². The number of aromatic nitrogens is 1. The Morgan fingerprint density at radius 1 is 1.39 bits per heavy atom. The minimum absolute atomic E-state index is 0.286. The Bertz CT molecular complexity index is 492. The third-order valence-corrected chi connectivity index (χ3v) is 4.38. The number of sulfonamides is 1. The largest absolute Gasteiger partial charge is 0.384 e. The third-order valence-electron chi connectivity index (χ3n) is 3.08. The number of hydrogen-bond acceptors (Lipinski definition) is 5. The summed E-state index contributed by atoms with van der Waals surface area (Å²) >= 11 is 0. The van der Waals surface area contributed by atoms with Crippen LogP contribution in [0.15, 0.2) is 18.3 Å². The zero-order valence-electron chi connectivity index (χ0n) is 10.3. The molecule has 0 radical (unpaired) electrons. The van der Waals surface area contributed by atoms with E-state index >= 15 is 0 Å². The molecular formula is C11H18N4O2S. The van der Waals surface area contributed by atoms with Crippen LogP contribution >= 0.6 is 0 Å². The van der Waals surface area contributed by atoms with Crippen molar-refractivity contribution >= 4 is 21.5 Å². The van der Waals surface area contributed by atoms with Crippen LogP contribution in [0.2, 0.25) is 0 Å². The number of hydrogen-bond donors (Lipinski definition) is 2. The lowest BCUT2D eigenvalue weighted by molar-refractivity contribution is 0.332. The quantitative estimate of drug-likeness (QED) is 0.835. The van der Waals surface area contributed by atoms with Crippen LogP contribution in [-0.4, -0.2) is 43.1 Å². The fraction of sp³-hybridized carbons (Fsp3) is 0.545. The summed E-state index contributed by atoms with van der Waals surface area (Å²) in [7, 11) is -3.05. The van der Waals surface area contributed by atoms with E-state index in [1.54, 1.807) is 12.3 Å². The second-order valence-electron chi connectivity index (χ2n) is 4.55. The molecule has 0 saturated carbocycles. The van der Waals surface area contributed by atoms with E-state index in [0.29, 0.717) is 18.9 Å². The maximum absolute atomic E-state index is 11.4. The first kappa shape index (κ1) is 13.1. The Kier molecular flexibility index (Phi) is 3.72. The van der Waals surface area contributed by atoms with Gasteiger partial charge in [0, 0.05) is 19.1 Å². The monoisotopic (exact) mass is 270 g/mol.